The highest BCUT2D eigenvalue weighted by Crippen LogP contribution is 2.36. The number of likely N-dealkylation sites (tertiary alicyclic amines) is 1. The maximum Gasteiger partial charge on any atom is 0.416 e. The second-order valence-electron chi connectivity index (χ2n) is 5.78. The molecule has 1 aromatic heterocycles. The number of nitrogens with two attached hydrogens (primary N) is 1. The highest BCUT2D eigenvalue weighted by molar-refractivity contribution is 5.96. The van der Waals surface area contributed by atoms with E-state index in [4.69, 9.17) is 5.73 Å². The van der Waals surface area contributed by atoms with Crippen LogP contribution in [0.1, 0.15) is 34.1 Å². The van der Waals surface area contributed by atoms with Gasteiger partial charge in [0.05, 0.1) is 17.7 Å². The number of aliphatic hydroxyl groups excluding tert-OH is 1. The molecule has 1 saturated heterocycles. The summed E-state index contributed by atoms with van der Waals surface area (Å²) in [6.07, 6.45) is -2.57. The molecular formula is C16H15F3N4O2. The molecule has 9 heteroatoms. The number of alkyl halides is 3. The fourth-order valence-corrected chi connectivity index (χ4v) is 2.93. The van der Waals surface area contributed by atoms with E-state index in [2.05, 4.69) is 9.97 Å². The zero-order valence-electron chi connectivity index (χ0n) is 12.9. The Labute approximate surface area is 141 Å². The molecule has 2 atom stereocenters. The predicted molar refractivity (Wildman–Crippen MR) is 82.3 cm³/mol. The summed E-state index contributed by atoms with van der Waals surface area (Å²) in [4.78, 5) is 21.7. The minimum absolute atomic E-state index is 0.0181. The van der Waals surface area contributed by atoms with Crippen molar-refractivity contribution in [3.63, 3.8) is 0 Å². The molecule has 3 N–H and O–H groups in total. The van der Waals surface area contributed by atoms with Gasteiger partial charge < -0.3 is 15.7 Å². The molecule has 0 unspecified atom stereocenters. The Morgan fingerprint density at radius 2 is 2.00 bits per heavy atom. The SMILES string of the molecule is Nc1nccnc1C(=O)N1C[C@H](O)C[C@H]1c1cccc(C(F)(F)F)c1. The van der Waals surface area contributed by atoms with Gasteiger partial charge in [-0.1, -0.05) is 12.1 Å². The number of benzene rings is 1. The molecule has 2 aromatic rings. The van der Waals surface area contributed by atoms with Crippen molar-refractivity contribution in [3.05, 3.63) is 53.5 Å². The molecule has 1 aliphatic rings. The van der Waals surface area contributed by atoms with E-state index in [1.54, 1.807) is 0 Å². The van der Waals surface area contributed by atoms with Gasteiger partial charge >= 0.3 is 6.18 Å². The topological polar surface area (TPSA) is 92.3 Å². The second kappa shape index (κ2) is 6.32. The van der Waals surface area contributed by atoms with Crippen LogP contribution in [0.5, 0.6) is 0 Å². The molecule has 6 nitrogen and oxygen atoms in total. The van der Waals surface area contributed by atoms with Crippen LogP contribution in [0.4, 0.5) is 19.0 Å². The van der Waals surface area contributed by atoms with E-state index in [9.17, 15) is 23.1 Å². The molecule has 1 aromatic carbocycles. The van der Waals surface area contributed by atoms with E-state index in [0.717, 1.165) is 12.1 Å². The van der Waals surface area contributed by atoms with E-state index < -0.39 is 29.8 Å². The summed E-state index contributed by atoms with van der Waals surface area (Å²) in [5.74, 6) is -0.652. The monoisotopic (exact) mass is 352 g/mol. The Morgan fingerprint density at radius 3 is 2.68 bits per heavy atom. The Bertz CT molecular complexity index is 797. The van der Waals surface area contributed by atoms with Crippen molar-refractivity contribution >= 4 is 11.7 Å². The summed E-state index contributed by atoms with van der Waals surface area (Å²) in [5.41, 5.74) is 5.05. The number of anilines is 1. The molecule has 0 bridgehead atoms. The fraction of sp³-hybridized carbons (Fsp3) is 0.312. The van der Waals surface area contributed by atoms with Crippen molar-refractivity contribution in [1.29, 1.82) is 0 Å². The van der Waals surface area contributed by atoms with Gasteiger partial charge in [-0.15, -0.1) is 0 Å². The molecule has 0 spiro atoms. The van der Waals surface area contributed by atoms with Crippen LogP contribution in [0.3, 0.4) is 0 Å². The Hall–Kier alpha value is -2.68. The van der Waals surface area contributed by atoms with E-state index in [-0.39, 0.29) is 24.5 Å². The maximum absolute atomic E-state index is 12.9. The number of carbonyl (C=O) groups excluding carboxylic acids is 1. The van der Waals surface area contributed by atoms with Crippen molar-refractivity contribution in [3.8, 4) is 0 Å². The highest BCUT2D eigenvalue weighted by Gasteiger charge is 2.38. The van der Waals surface area contributed by atoms with Crippen LogP contribution < -0.4 is 5.73 Å². The van der Waals surface area contributed by atoms with Crippen molar-refractivity contribution < 1.29 is 23.1 Å². The minimum atomic E-state index is -4.49. The molecule has 0 saturated carbocycles. The van der Waals surface area contributed by atoms with Crippen LogP contribution >= 0.6 is 0 Å². The third kappa shape index (κ3) is 3.41. The van der Waals surface area contributed by atoms with Crippen LogP contribution in [0, 0.1) is 0 Å². The van der Waals surface area contributed by atoms with Gasteiger partial charge in [-0.05, 0) is 24.1 Å². The Morgan fingerprint density at radius 1 is 1.28 bits per heavy atom. The van der Waals surface area contributed by atoms with Crippen molar-refractivity contribution in [2.24, 2.45) is 0 Å². The van der Waals surface area contributed by atoms with Gasteiger partial charge in [0.15, 0.2) is 11.5 Å². The number of hydrogen-bond acceptors (Lipinski definition) is 5. The zero-order chi connectivity index (χ0) is 18.2. The third-order valence-corrected chi connectivity index (χ3v) is 4.07. The van der Waals surface area contributed by atoms with Crippen LogP contribution in [0.2, 0.25) is 0 Å². The standard InChI is InChI=1S/C16H15F3N4O2/c17-16(18,19)10-3-1-2-9(6-10)12-7-11(24)8-23(12)15(25)13-14(20)22-5-4-21-13/h1-6,11-12,24H,7-8H2,(H2,20,22)/t11-,12+/m1/s1. The predicted octanol–water partition coefficient (Wildman–Crippen LogP) is 2.03. The van der Waals surface area contributed by atoms with Gasteiger partial charge in [-0.25, -0.2) is 9.97 Å². The van der Waals surface area contributed by atoms with Crippen LogP contribution in [-0.2, 0) is 6.18 Å². The number of hydrogen-bond donors (Lipinski definition) is 2. The average Bonchev–Trinajstić information content (AvgIpc) is 2.96. The molecule has 25 heavy (non-hydrogen) atoms. The average molecular weight is 352 g/mol. The number of nitrogen functional groups attached to an aromatic ring is 1. The summed E-state index contributed by atoms with van der Waals surface area (Å²) in [6.45, 7) is -0.0181. The molecule has 0 radical (unpaired) electrons. The van der Waals surface area contributed by atoms with Crippen LogP contribution in [0.15, 0.2) is 36.7 Å². The summed E-state index contributed by atoms with van der Waals surface area (Å²) in [7, 11) is 0. The van der Waals surface area contributed by atoms with Gasteiger partial charge in [-0.2, -0.15) is 13.2 Å². The van der Waals surface area contributed by atoms with E-state index in [0.29, 0.717) is 5.56 Å². The maximum atomic E-state index is 12.9. The Balaban J connectivity index is 1.95. The minimum Gasteiger partial charge on any atom is -0.391 e. The highest BCUT2D eigenvalue weighted by atomic mass is 19.4. The number of nitrogens with zero attached hydrogens (tertiary/aromatic N) is 3. The van der Waals surface area contributed by atoms with E-state index >= 15 is 0 Å². The number of halogens is 3. The van der Waals surface area contributed by atoms with Crippen molar-refractivity contribution in [2.75, 3.05) is 12.3 Å². The zero-order valence-corrected chi connectivity index (χ0v) is 12.9. The van der Waals surface area contributed by atoms with Gasteiger partial charge in [-0.3, -0.25) is 4.79 Å². The van der Waals surface area contributed by atoms with Gasteiger partial charge in [0.25, 0.3) is 5.91 Å². The number of amides is 1. The van der Waals surface area contributed by atoms with E-state index in [1.165, 1.54) is 29.4 Å². The van der Waals surface area contributed by atoms with E-state index in [1.807, 2.05) is 0 Å². The summed E-state index contributed by atoms with van der Waals surface area (Å²) in [6, 6.07) is 4.02. The molecule has 132 valence electrons. The fourth-order valence-electron chi connectivity index (χ4n) is 2.93. The molecule has 1 aliphatic heterocycles. The lowest BCUT2D eigenvalue weighted by molar-refractivity contribution is -0.137. The first-order valence-corrected chi connectivity index (χ1v) is 7.50. The molecule has 3 rings (SSSR count). The first kappa shape index (κ1) is 17.2. The molecule has 0 aliphatic carbocycles. The summed E-state index contributed by atoms with van der Waals surface area (Å²) in [5, 5.41) is 9.94. The molecule has 1 amide bonds. The smallest absolute Gasteiger partial charge is 0.391 e. The summed E-state index contributed by atoms with van der Waals surface area (Å²) < 4.78 is 38.8. The van der Waals surface area contributed by atoms with Gasteiger partial charge in [0.2, 0.25) is 0 Å². The number of carbonyl (C=O) groups is 1. The molecule has 2 heterocycles. The first-order chi connectivity index (χ1) is 11.8. The lowest BCUT2D eigenvalue weighted by Crippen LogP contribution is -2.33. The number of aliphatic hydroxyl groups is 1. The number of aromatic nitrogens is 2. The quantitative estimate of drug-likeness (QED) is 0.863. The van der Waals surface area contributed by atoms with Crippen LogP contribution in [-0.4, -0.2) is 38.5 Å². The van der Waals surface area contributed by atoms with Gasteiger partial charge in [0, 0.05) is 18.9 Å². The molecular weight excluding hydrogens is 337 g/mol. The second-order valence-corrected chi connectivity index (χ2v) is 5.78. The van der Waals surface area contributed by atoms with Crippen molar-refractivity contribution in [2.45, 2.75) is 24.7 Å². The number of β-amino-alcohol motifs (C(OH)–C–C–N with tert-alkyl or cyclic N) is 1. The van der Waals surface area contributed by atoms with Crippen molar-refractivity contribution in [1.82, 2.24) is 14.9 Å². The lowest BCUT2D eigenvalue weighted by Gasteiger charge is -2.25. The van der Waals surface area contributed by atoms with Crippen LogP contribution in [0.25, 0.3) is 0 Å². The Kier molecular flexibility index (Phi) is 4.34. The summed E-state index contributed by atoms with van der Waals surface area (Å²) >= 11 is 0. The largest absolute Gasteiger partial charge is 0.416 e. The third-order valence-electron chi connectivity index (χ3n) is 4.07. The molecule has 1 fully saturated rings. The number of rotatable bonds is 2. The van der Waals surface area contributed by atoms with Gasteiger partial charge in [0.1, 0.15) is 0 Å². The normalized spacial score (nSPS) is 20.7. The first-order valence-electron chi connectivity index (χ1n) is 7.50. The lowest BCUT2D eigenvalue weighted by atomic mass is 10.0.